The molecule has 1 saturated heterocycles. The van der Waals surface area contributed by atoms with Crippen molar-refractivity contribution in [1.82, 2.24) is 5.32 Å². The fourth-order valence-electron chi connectivity index (χ4n) is 2.73. The molecular weight excluding hydrogens is 334 g/mol. The first kappa shape index (κ1) is 21.8. The van der Waals surface area contributed by atoms with Gasteiger partial charge in [-0.3, -0.25) is 4.79 Å². The van der Waals surface area contributed by atoms with Crippen LogP contribution in [0.2, 0.25) is 0 Å². The van der Waals surface area contributed by atoms with E-state index in [2.05, 4.69) is 5.32 Å². The van der Waals surface area contributed by atoms with Gasteiger partial charge in [-0.2, -0.15) is 0 Å². The van der Waals surface area contributed by atoms with Gasteiger partial charge >= 0.3 is 0 Å². The Kier molecular flexibility index (Phi) is 8.26. The van der Waals surface area contributed by atoms with Gasteiger partial charge in [-0.05, 0) is 26.8 Å². The minimum atomic E-state index is -2.50. The highest BCUT2D eigenvalue weighted by Crippen LogP contribution is 2.30. The van der Waals surface area contributed by atoms with Crippen molar-refractivity contribution in [2.45, 2.75) is 69.7 Å². The zero-order chi connectivity index (χ0) is 19.2. The van der Waals surface area contributed by atoms with Crippen LogP contribution in [-0.2, 0) is 19.1 Å². The average Bonchev–Trinajstić information content (AvgIpc) is 2.54. The molecule has 25 heavy (non-hydrogen) atoms. The first-order chi connectivity index (χ1) is 11.6. The number of nitrogens with one attached hydrogen (secondary N) is 1. The molecule has 144 valence electrons. The molecule has 0 aromatic heterocycles. The summed E-state index contributed by atoms with van der Waals surface area (Å²) < 4.78 is 5.20. The highest BCUT2D eigenvalue weighted by molar-refractivity contribution is 5.90. The van der Waals surface area contributed by atoms with Gasteiger partial charge in [0.2, 0.25) is 5.79 Å². The second kappa shape index (κ2) is 9.46. The van der Waals surface area contributed by atoms with E-state index in [1.165, 1.54) is 13.8 Å². The summed E-state index contributed by atoms with van der Waals surface area (Å²) in [6.45, 7) is 2.20. The van der Waals surface area contributed by atoms with Crippen LogP contribution in [0.4, 0.5) is 0 Å². The van der Waals surface area contributed by atoms with E-state index in [-0.39, 0.29) is 37.4 Å². The van der Waals surface area contributed by atoms with Gasteiger partial charge in [0, 0.05) is 19.3 Å². The van der Waals surface area contributed by atoms with Gasteiger partial charge in [0.05, 0.1) is 12.6 Å². The summed E-state index contributed by atoms with van der Waals surface area (Å²) in [6, 6.07) is -1.36. The first-order valence-corrected chi connectivity index (χ1v) is 8.26. The second-order valence-electron chi connectivity index (χ2n) is 6.38. The number of carbonyl (C=O) groups excluding carboxylic acids is 3. The number of ketones is 3. The Bertz CT molecular complexity index is 497. The summed E-state index contributed by atoms with van der Waals surface area (Å²) in [4.78, 5) is 34.4. The maximum atomic E-state index is 12.4. The predicted molar refractivity (Wildman–Crippen MR) is 85.5 cm³/mol. The third-order valence-corrected chi connectivity index (χ3v) is 4.18. The molecule has 0 saturated carbocycles. The van der Waals surface area contributed by atoms with Gasteiger partial charge in [-0.1, -0.05) is 0 Å². The Labute approximate surface area is 146 Å². The summed E-state index contributed by atoms with van der Waals surface area (Å²) in [5.41, 5.74) is 0. The molecule has 1 unspecified atom stereocenters. The van der Waals surface area contributed by atoms with Crippen LogP contribution in [0.15, 0.2) is 0 Å². The molecule has 5 atom stereocenters. The number of rotatable bonds is 10. The number of ether oxygens (including phenoxy) is 1. The molecule has 0 aromatic rings. The van der Waals surface area contributed by atoms with Crippen molar-refractivity contribution in [3.05, 3.63) is 0 Å². The molecule has 1 heterocycles. The molecule has 1 fully saturated rings. The van der Waals surface area contributed by atoms with E-state index in [0.29, 0.717) is 6.42 Å². The van der Waals surface area contributed by atoms with Crippen molar-refractivity contribution < 1.29 is 39.5 Å². The first-order valence-electron chi connectivity index (χ1n) is 8.26. The molecule has 0 bridgehead atoms. The lowest BCUT2D eigenvalue weighted by atomic mass is 9.86. The SMILES string of the molecule is CC(=O)CCCN[C@H]1[C@@H](O)[C@H](O)[C@@H](CO)OC1(O)C(=O)CCC(C)=O. The number of carbonyl (C=O) groups is 3. The van der Waals surface area contributed by atoms with Gasteiger partial charge in [-0.15, -0.1) is 0 Å². The Morgan fingerprint density at radius 2 is 1.64 bits per heavy atom. The van der Waals surface area contributed by atoms with E-state index in [0.717, 1.165) is 0 Å². The fraction of sp³-hybridized carbons (Fsp3) is 0.812. The largest absolute Gasteiger partial charge is 0.394 e. The monoisotopic (exact) mass is 361 g/mol. The zero-order valence-corrected chi connectivity index (χ0v) is 14.5. The van der Waals surface area contributed by atoms with Crippen LogP contribution >= 0.6 is 0 Å². The quantitative estimate of drug-likeness (QED) is 0.279. The van der Waals surface area contributed by atoms with Crippen LogP contribution < -0.4 is 5.32 Å². The maximum Gasteiger partial charge on any atom is 0.245 e. The van der Waals surface area contributed by atoms with Crippen LogP contribution in [0, 0.1) is 0 Å². The van der Waals surface area contributed by atoms with Gasteiger partial charge in [-0.25, -0.2) is 0 Å². The second-order valence-corrected chi connectivity index (χ2v) is 6.38. The van der Waals surface area contributed by atoms with Crippen molar-refractivity contribution in [1.29, 1.82) is 0 Å². The predicted octanol–water partition coefficient (Wildman–Crippen LogP) is -1.95. The summed E-state index contributed by atoms with van der Waals surface area (Å²) >= 11 is 0. The normalized spacial score (nSPS) is 32.4. The molecule has 5 N–H and O–H groups in total. The zero-order valence-electron chi connectivity index (χ0n) is 14.5. The topological polar surface area (TPSA) is 153 Å². The molecule has 1 aliphatic heterocycles. The molecular formula is C16H27NO8. The molecule has 9 nitrogen and oxygen atoms in total. The number of hydrogen-bond acceptors (Lipinski definition) is 9. The van der Waals surface area contributed by atoms with Gasteiger partial charge in [0.15, 0.2) is 5.78 Å². The van der Waals surface area contributed by atoms with Crippen molar-refractivity contribution in [2.24, 2.45) is 0 Å². The molecule has 0 spiro atoms. The molecule has 0 aromatic carbocycles. The lowest BCUT2D eigenvalue weighted by Crippen LogP contribution is -2.72. The highest BCUT2D eigenvalue weighted by Gasteiger charge is 2.56. The molecule has 9 heteroatoms. The number of hydrogen-bond donors (Lipinski definition) is 5. The van der Waals surface area contributed by atoms with Crippen LogP contribution in [0.1, 0.15) is 39.5 Å². The van der Waals surface area contributed by atoms with Crippen molar-refractivity contribution in [3.8, 4) is 0 Å². The van der Waals surface area contributed by atoms with Crippen LogP contribution in [0.3, 0.4) is 0 Å². The number of aliphatic hydroxyl groups is 4. The molecule has 1 aliphatic rings. The lowest BCUT2D eigenvalue weighted by molar-refractivity contribution is -0.302. The van der Waals surface area contributed by atoms with E-state index in [9.17, 15) is 34.8 Å². The van der Waals surface area contributed by atoms with E-state index >= 15 is 0 Å². The smallest absolute Gasteiger partial charge is 0.245 e. The van der Waals surface area contributed by atoms with Crippen molar-refractivity contribution in [3.63, 3.8) is 0 Å². The van der Waals surface area contributed by atoms with Crippen molar-refractivity contribution >= 4 is 17.3 Å². The summed E-state index contributed by atoms with van der Waals surface area (Å²) in [5.74, 6) is -3.62. The van der Waals surface area contributed by atoms with E-state index < -0.39 is 42.5 Å². The summed E-state index contributed by atoms with van der Waals surface area (Å²) in [5, 5.41) is 42.9. The maximum absolute atomic E-state index is 12.4. The lowest BCUT2D eigenvalue weighted by Gasteiger charge is -2.47. The van der Waals surface area contributed by atoms with Crippen LogP contribution in [-0.4, -0.2) is 81.1 Å². The Balaban J connectivity index is 2.92. The summed E-state index contributed by atoms with van der Waals surface area (Å²) in [6.07, 6.45) is -4.20. The Hall–Kier alpha value is -1.23. The Morgan fingerprint density at radius 1 is 1.04 bits per heavy atom. The number of Topliss-reactive ketones (excluding diaryl/α,β-unsaturated/α-hetero) is 3. The van der Waals surface area contributed by atoms with Gasteiger partial charge in [0.25, 0.3) is 0 Å². The van der Waals surface area contributed by atoms with Gasteiger partial charge < -0.3 is 40.1 Å². The van der Waals surface area contributed by atoms with Crippen molar-refractivity contribution in [2.75, 3.05) is 13.2 Å². The van der Waals surface area contributed by atoms with Gasteiger partial charge in [0.1, 0.15) is 29.9 Å². The third-order valence-electron chi connectivity index (χ3n) is 4.18. The van der Waals surface area contributed by atoms with Crippen LogP contribution in [0.25, 0.3) is 0 Å². The molecule has 0 amide bonds. The minimum Gasteiger partial charge on any atom is -0.394 e. The van der Waals surface area contributed by atoms with E-state index in [4.69, 9.17) is 4.74 Å². The summed E-state index contributed by atoms with van der Waals surface area (Å²) in [7, 11) is 0. The van der Waals surface area contributed by atoms with E-state index in [1.54, 1.807) is 0 Å². The Morgan fingerprint density at radius 3 is 2.16 bits per heavy atom. The highest BCUT2D eigenvalue weighted by atomic mass is 16.7. The minimum absolute atomic E-state index is 0.0320. The molecule has 0 aliphatic carbocycles. The number of aliphatic hydroxyl groups excluding tert-OH is 3. The average molecular weight is 361 g/mol. The van der Waals surface area contributed by atoms with E-state index in [1.807, 2.05) is 0 Å². The third kappa shape index (κ3) is 5.63. The fourth-order valence-corrected chi connectivity index (χ4v) is 2.73. The molecule has 1 rings (SSSR count). The standard InChI is InChI=1S/C16H27NO8/c1-9(19)4-3-7-17-15-14(23)13(22)11(8-18)25-16(15,24)12(21)6-5-10(2)20/h11,13-15,17-18,22-24H,3-8H2,1-2H3/t11-,13-,14+,15+,16?/m1/s1. The van der Waals surface area contributed by atoms with Crippen LogP contribution in [0.5, 0.6) is 0 Å². The molecule has 0 radical (unpaired) electrons.